The van der Waals surface area contributed by atoms with Crippen molar-refractivity contribution in [2.24, 2.45) is 5.41 Å². The van der Waals surface area contributed by atoms with Crippen LogP contribution < -0.4 is 0 Å². The molecular formula is C11H17NO. The average Bonchev–Trinajstić information content (AvgIpc) is 2.48. The third kappa shape index (κ3) is 2.01. The molecule has 0 radical (unpaired) electrons. The van der Waals surface area contributed by atoms with Crippen LogP contribution in [0.15, 0.2) is 24.9 Å². The summed E-state index contributed by atoms with van der Waals surface area (Å²) in [6.45, 7) is 9.72. The second-order valence-electron chi connectivity index (χ2n) is 4.29. The topological polar surface area (TPSA) is 25.2 Å². The minimum Gasteiger partial charge on any atom is -0.386 e. The predicted octanol–water partition coefficient (Wildman–Crippen LogP) is 2.67. The first-order valence-electron chi connectivity index (χ1n) is 4.44. The lowest BCUT2D eigenvalue weighted by atomic mass is 9.87. The van der Waals surface area contributed by atoms with Gasteiger partial charge in [0.1, 0.15) is 0 Å². The first-order chi connectivity index (χ1) is 5.96. The van der Waals surface area contributed by atoms with Gasteiger partial charge in [-0.2, -0.15) is 0 Å². The van der Waals surface area contributed by atoms with E-state index in [1.807, 2.05) is 43.7 Å². The van der Waals surface area contributed by atoms with E-state index >= 15 is 0 Å². The molecule has 1 N–H and O–H groups in total. The van der Waals surface area contributed by atoms with Gasteiger partial charge in [0.05, 0.1) is 11.8 Å². The Balaban J connectivity index is 3.01. The van der Waals surface area contributed by atoms with Crippen molar-refractivity contribution >= 4 is 6.20 Å². The van der Waals surface area contributed by atoms with E-state index in [4.69, 9.17) is 0 Å². The summed E-state index contributed by atoms with van der Waals surface area (Å²) < 4.78 is 1.84. The molecule has 0 aliphatic carbocycles. The van der Waals surface area contributed by atoms with E-state index in [1.165, 1.54) is 0 Å². The summed E-state index contributed by atoms with van der Waals surface area (Å²) in [5.74, 6) is 0. The van der Waals surface area contributed by atoms with Crippen molar-refractivity contribution in [1.29, 1.82) is 0 Å². The summed E-state index contributed by atoms with van der Waals surface area (Å²) in [6.07, 6.45) is 3.13. The van der Waals surface area contributed by atoms with Crippen molar-refractivity contribution in [1.82, 2.24) is 4.57 Å². The fraction of sp³-hybridized carbons (Fsp3) is 0.455. The molecule has 13 heavy (non-hydrogen) atoms. The highest BCUT2D eigenvalue weighted by molar-refractivity contribution is 5.26. The van der Waals surface area contributed by atoms with E-state index in [0.29, 0.717) is 0 Å². The summed E-state index contributed by atoms with van der Waals surface area (Å²) in [5.41, 5.74) is 0.751. The quantitative estimate of drug-likeness (QED) is 0.741. The lowest BCUT2D eigenvalue weighted by Gasteiger charge is -2.26. The van der Waals surface area contributed by atoms with Crippen LogP contribution in [0.5, 0.6) is 0 Å². The van der Waals surface area contributed by atoms with E-state index in [-0.39, 0.29) is 5.41 Å². The first-order valence-corrected chi connectivity index (χ1v) is 4.44. The highest BCUT2D eigenvalue weighted by atomic mass is 16.3. The molecule has 0 fully saturated rings. The zero-order valence-corrected chi connectivity index (χ0v) is 8.49. The van der Waals surface area contributed by atoms with Crippen LogP contribution in [0.2, 0.25) is 0 Å². The SMILES string of the molecule is C=Cn1cccc1C(O)C(C)(C)C. The van der Waals surface area contributed by atoms with E-state index in [2.05, 4.69) is 6.58 Å². The van der Waals surface area contributed by atoms with Gasteiger partial charge in [-0.3, -0.25) is 0 Å². The van der Waals surface area contributed by atoms with Crippen molar-refractivity contribution < 1.29 is 5.11 Å². The zero-order chi connectivity index (χ0) is 10.1. The van der Waals surface area contributed by atoms with Crippen molar-refractivity contribution in [3.8, 4) is 0 Å². The molecule has 2 heteroatoms. The van der Waals surface area contributed by atoms with E-state index in [0.717, 1.165) is 5.69 Å². The molecule has 0 amide bonds. The summed E-state index contributed by atoms with van der Waals surface area (Å²) in [4.78, 5) is 0. The first kappa shape index (κ1) is 10.1. The van der Waals surface area contributed by atoms with Gasteiger partial charge in [-0.1, -0.05) is 27.4 Å². The standard InChI is InChI=1S/C11H17NO/c1-5-12-8-6-7-9(12)10(13)11(2,3)4/h5-8,10,13H,1H2,2-4H3. The van der Waals surface area contributed by atoms with Gasteiger partial charge in [-0.25, -0.2) is 0 Å². The molecule has 1 rings (SSSR count). The lowest BCUT2D eigenvalue weighted by Crippen LogP contribution is -2.19. The molecule has 1 aromatic heterocycles. The van der Waals surface area contributed by atoms with Crippen molar-refractivity contribution in [3.63, 3.8) is 0 Å². The molecule has 1 aromatic rings. The summed E-state index contributed by atoms with van der Waals surface area (Å²) >= 11 is 0. The largest absolute Gasteiger partial charge is 0.386 e. The Morgan fingerprint density at radius 1 is 1.54 bits per heavy atom. The van der Waals surface area contributed by atoms with Gasteiger partial charge in [0.25, 0.3) is 0 Å². The Labute approximate surface area is 79.5 Å². The molecule has 1 heterocycles. The number of aliphatic hydroxyl groups excluding tert-OH is 1. The third-order valence-electron chi connectivity index (χ3n) is 2.11. The molecule has 0 spiro atoms. The highest BCUT2D eigenvalue weighted by Crippen LogP contribution is 2.32. The van der Waals surface area contributed by atoms with Crippen LogP contribution in [0.25, 0.3) is 6.20 Å². The Hall–Kier alpha value is -1.02. The van der Waals surface area contributed by atoms with Gasteiger partial charge in [-0.05, 0) is 17.5 Å². The Morgan fingerprint density at radius 2 is 2.15 bits per heavy atom. The van der Waals surface area contributed by atoms with E-state index in [1.54, 1.807) is 6.20 Å². The summed E-state index contributed by atoms with van der Waals surface area (Å²) in [6, 6.07) is 3.82. The van der Waals surface area contributed by atoms with Gasteiger partial charge in [0.2, 0.25) is 0 Å². The van der Waals surface area contributed by atoms with Crippen molar-refractivity contribution in [3.05, 3.63) is 30.6 Å². The van der Waals surface area contributed by atoms with Gasteiger partial charge in [-0.15, -0.1) is 0 Å². The monoisotopic (exact) mass is 179 g/mol. The predicted molar refractivity (Wildman–Crippen MR) is 55.2 cm³/mol. The average molecular weight is 179 g/mol. The normalized spacial score (nSPS) is 14.2. The second kappa shape index (κ2) is 3.38. The second-order valence-corrected chi connectivity index (χ2v) is 4.29. The third-order valence-corrected chi connectivity index (χ3v) is 2.11. The van der Waals surface area contributed by atoms with Gasteiger partial charge in [0, 0.05) is 12.4 Å². The Bertz CT molecular complexity index is 293. The summed E-state index contributed by atoms with van der Waals surface area (Å²) in [7, 11) is 0. The number of nitrogens with zero attached hydrogens (tertiary/aromatic N) is 1. The minimum atomic E-state index is -0.458. The van der Waals surface area contributed by atoms with E-state index in [9.17, 15) is 5.11 Å². The Kier molecular flexibility index (Phi) is 2.62. The molecule has 0 saturated heterocycles. The van der Waals surface area contributed by atoms with Crippen LogP contribution in [-0.2, 0) is 0 Å². The number of rotatable bonds is 2. The van der Waals surface area contributed by atoms with Gasteiger partial charge < -0.3 is 9.67 Å². The van der Waals surface area contributed by atoms with E-state index < -0.39 is 6.10 Å². The number of hydrogen-bond acceptors (Lipinski definition) is 1. The van der Waals surface area contributed by atoms with Gasteiger partial charge in [0.15, 0.2) is 0 Å². The number of aliphatic hydroxyl groups is 1. The molecule has 72 valence electrons. The molecule has 0 aliphatic heterocycles. The summed E-state index contributed by atoms with van der Waals surface area (Å²) in [5, 5.41) is 9.99. The molecule has 0 aromatic carbocycles. The van der Waals surface area contributed by atoms with Crippen LogP contribution >= 0.6 is 0 Å². The van der Waals surface area contributed by atoms with Crippen LogP contribution in [0.1, 0.15) is 32.6 Å². The molecule has 0 aliphatic rings. The lowest BCUT2D eigenvalue weighted by molar-refractivity contribution is 0.0579. The molecule has 1 atom stereocenters. The maximum Gasteiger partial charge on any atom is 0.0991 e. The van der Waals surface area contributed by atoms with Crippen LogP contribution in [-0.4, -0.2) is 9.67 Å². The van der Waals surface area contributed by atoms with Crippen LogP contribution in [0.3, 0.4) is 0 Å². The molecule has 0 saturated carbocycles. The Morgan fingerprint density at radius 3 is 2.62 bits per heavy atom. The molecule has 2 nitrogen and oxygen atoms in total. The maximum absolute atomic E-state index is 9.99. The van der Waals surface area contributed by atoms with Gasteiger partial charge >= 0.3 is 0 Å². The molecule has 1 unspecified atom stereocenters. The van der Waals surface area contributed by atoms with Crippen LogP contribution in [0, 0.1) is 5.41 Å². The van der Waals surface area contributed by atoms with Crippen LogP contribution in [0.4, 0.5) is 0 Å². The maximum atomic E-state index is 9.99. The highest BCUT2D eigenvalue weighted by Gasteiger charge is 2.25. The molecular weight excluding hydrogens is 162 g/mol. The minimum absolute atomic E-state index is 0.140. The fourth-order valence-corrected chi connectivity index (χ4v) is 1.25. The van der Waals surface area contributed by atoms with Crippen molar-refractivity contribution in [2.75, 3.05) is 0 Å². The number of hydrogen-bond donors (Lipinski definition) is 1. The van der Waals surface area contributed by atoms with Crippen molar-refractivity contribution in [2.45, 2.75) is 26.9 Å². The number of aromatic nitrogens is 1. The smallest absolute Gasteiger partial charge is 0.0991 e. The zero-order valence-electron chi connectivity index (χ0n) is 8.49. The fourth-order valence-electron chi connectivity index (χ4n) is 1.25. The molecule has 0 bridgehead atoms.